The van der Waals surface area contributed by atoms with Gasteiger partial charge in [-0.15, -0.1) is 0 Å². The summed E-state index contributed by atoms with van der Waals surface area (Å²) in [6.07, 6.45) is 5.03. The number of aromatic amines is 2. The average Bonchev–Trinajstić information content (AvgIpc) is 3.51. The van der Waals surface area contributed by atoms with Crippen LogP contribution in [0.15, 0.2) is 61.1 Å². The van der Waals surface area contributed by atoms with Crippen LogP contribution in [0.2, 0.25) is 0 Å². The number of pyridine rings is 2. The SMILES string of the molecule is NC1CN(c2cncc(-c3ccc4[nH]nc(-c5nc6nccc(-c7ccccc7F)c6[nH]5)c4n3)n2)C1. The van der Waals surface area contributed by atoms with E-state index in [1.165, 1.54) is 6.07 Å². The van der Waals surface area contributed by atoms with Gasteiger partial charge in [0.1, 0.15) is 22.8 Å². The Balaban J connectivity index is 1.32. The van der Waals surface area contributed by atoms with Gasteiger partial charge in [-0.1, -0.05) is 18.2 Å². The lowest BCUT2D eigenvalue weighted by Crippen LogP contribution is -2.56. The molecule has 0 spiro atoms. The third kappa shape index (κ3) is 3.28. The van der Waals surface area contributed by atoms with Crippen LogP contribution in [0.4, 0.5) is 10.2 Å². The van der Waals surface area contributed by atoms with Crippen molar-refractivity contribution in [1.29, 1.82) is 0 Å². The van der Waals surface area contributed by atoms with Gasteiger partial charge in [0.2, 0.25) is 0 Å². The second kappa shape index (κ2) is 7.89. The Morgan fingerprint density at radius 2 is 1.83 bits per heavy atom. The Morgan fingerprint density at radius 3 is 2.69 bits per heavy atom. The van der Waals surface area contributed by atoms with E-state index < -0.39 is 0 Å². The van der Waals surface area contributed by atoms with Gasteiger partial charge in [0.05, 0.1) is 29.1 Å². The van der Waals surface area contributed by atoms with Crippen LogP contribution in [-0.4, -0.2) is 59.2 Å². The molecule has 5 aromatic heterocycles. The summed E-state index contributed by atoms with van der Waals surface area (Å²) < 4.78 is 14.5. The first-order valence-corrected chi connectivity index (χ1v) is 11.4. The molecule has 0 unspecified atom stereocenters. The molecule has 1 aliphatic heterocycles. The van der Waals surface area contributed by atoms with Gasteiger partial charge >= 0.3 is 0 Å². The molecule has 0 aliphatic carbocycles. The summed E-state index contributed by atoms with van der Waals surface area (Å²) in [6.45, 7) is 1.51. The number of anilines is 1. The van der Waals surface area contributed by atoms with E-state index >= 15 is 0 Å². The molecular weight excluding hydrogens is 459 g/mol. The Bertz CT molecular complexity index is 1750. The summed E-state index contributed by atoms with van der Waals surface area (Å²) in [5.41, 5.74) is 11.3. The molecule has 1 aliphatic rings. The van der Waals surface area contributed by atoms with Crippen molar-refractivity contribution in [3.63, 3.8) is 0 Å². The van der Waals surface area contributed by atoms with Gasteiger partial charge in [-0.05, 0) is 24.3 Å². The first-order valence-electron chi connectivity index (χ1n) is 11.4. The van der Waals surface area contributed by atoms with E-state index in [1.54, 1.807) is 42.9 Å². The third-order valence-corrected chi connectivity index (χ3v) is 6.31. The number of nitrogens with one attached hydrogen (secondary N) is 2. The van der Waals surface area contributed by atoms with Crippen LogP contribution in [0, 0.1) is 5.82 Å². The van der Waals surface area contributed by atoms with Crippen LogP contribution >= 0.6 is 0 Å². The van der Waals surface area contributed by atoms with Gasteiger partial charge < -0.3 is 15.6 Å². The van der Waals surface area contributed by atoms with Gasteiger partial charge in [0, 0.05) is 36.5 Å². The molecule has 176 valence electrons. The van der Waals surface area contributed by atoms with Crippen LogP contribution in [-0.2, 0) is 0 Å². The van der Waals surface area contributed by atoms with Crippen molar-refractivity contribution in [2.75, 3.05) is 18.0 Å². The number of hydrogen-bond donors (Lipinski definition) is 3. The minimum Gasteiger partial charge on any atom is -0.352 e. The second-order valence-electron chi connectivity index (χ2n) is 8.71. The normalized spacial score (nSPS) is 14.0. The van der Waals surface area contributed by atoms with Crippen molar-refractivity contribution >= 4 is 28.0 Å². The zero-order chi connectivity index (χ0) is 24.2. The number of halogens is 1. The molecule has 0 bridgehead atoms. The van der Waals surface area contributed by atoms with E-state index in [9.17, 15) is 4.39 Å². The number of benzene rings is 1. The highest BCUT2D eigenvalue weighted by Crippen LogP contribution is 2.32. The minimum atomic E-state index is -0.318. The number of nitrogens with two attached hydrogens (primary N) is 1. The average molecular weight is 478 g/mol. The van der Waals surface area contributed by atoms with Gasteiger partial charge in [-0.25, -0.2) is 24.3 Å². The molecule has 36 heavy (non-hydrogen) atoms. The summed E-state index contributed by atoms with van der Waals surface area (Å²) in [4.78, 5) is 28.2. The standard InChI is InChI=1S/C25H19FN10/c26-16-4-2-1-3-14(16)15-7-8-29-24-21(15)32-25(33-24)23-22-18(34-35-23)6-5-17(31-22)19-9-28-10-20(30-19)36-11-13(27)12-36/h1-10,13H,11-12,27H2,(H,34,35)(H,29,32,33). The fourth-order valence-electron chi connectivity index (χ4n) is 4.47. The van der Waals surface area contributed by atoms with E-state index in [1.807, 2.05) is 12.1 Å². The van der Waals surface area contributed by atoms with Gasteiger partial charge in [-0.3, -0.25) is 10.1 Å². The first kappa shape index (κ1) is 20.6. The molecule has 6 aromatic rings. The van der Waals surface area contributed by atoms with Gasteiger partial charge in [-0.2, -0.15) is 5.10 Å². The van der Waals surface area contributed by atoms with E-state index in [4.69, 9.17) is 15.7 Å². The van der Waals surface area contributed by atoms with Gasteiger partial charge in [0.25, 0.3) is 0 Å². The summed E-state index contributed by atoms with van der Waals surface area (Å²) in [5, 5.41) is 7.46. The highest BCUT2D eigenvalue weighted by Gasteiger charge is 2.25. The quantitative estimate of drug-likeness (QED) is 0.351. The zero-order valence-electron chi connectivity index (χ0n) is 18.9. The second-order valence-corrected chi connectivity index (χ2v) is 8.71. The lowest BCUT2D eigenvalue weighted by molar-refractivity contribution is 0.514. The molecule has 6 heterocycles. The number of nitrogens with zero attached hydrogens (tertiary/aromatic N) is 7. The maximum Gasteiger partial charge on any atom is 0.178 e. The lowest BCUT2D eigenvalue weighted by atomic mass is 10.1. The molecule has 1 saturated heterocycles. The highest BCUT2D eigenvalue weighted by molar-refractivity contribution is 5.94. The molecule has 4 N–H and O–H groups in total. The van der Waals surface area contributed by atoms with Crippen molar-refractivity contribution in [3.8, 4) is 34.0 Å². The minimum absolute atomic E-state index is 0.163. The molecular formula is C25H19FN10. The summed E-state index contributed by atoms with van der Waals surface area (Å²) in [5.74, 6) is 0.931. The van der Waals surface area contributed by atoms with Crippen LogP contribution < -0.4 is 10.6 Å². The fraction of sp³-hybridized carbons (Fsp3) is 0.120. The fourth-order valence-corrected chi connectivity index (χ4v) is 4.47. The molecule has 0 saturated carbocycles. The molecule has 0 atom stereocenters. The van der Waals surface area contributed by atoms with Crippen LogP contribution in [0.3, 0.4) is 0 Å². The smallest absolute Gasteiger partial charge is 0.178 e. The van der Waals surface area contributed by atoms with Crippen LogP contribution in [0.25, 0.3) is 56.2 Å². The van der Waals surface area contributed by atoms with Crippen molar-refractivity contribution in [1.82, 2.24) is 40.1 Å². The van der Waals surface area contributed by atoms with E-state index in [2.05, 4.69) is 35.0 Å². The van der Waals surface area contributed by atoms with Crippen molar-refractivity contribution < 1.29 is 4.39 Å². The highest BCUT2D eigenvalue weighted by atomic mass is 19.1. The monoisotopic (exact) mass is 478 g/mol. The van der Waals surface area contributed by atoms with Crippen LogP contribution in [0.1, 0.15) is 0 Å². The number of rotatable bonds is 4. The predicted octanol–water partition coefficient (Wildman–Crippen LogP) is 3.31. The van der Waals surface area contributed by atoms with E-state index in [-0.39, 0.29) is 11.9 Å². The molecule has 10 nitrogen and oxygen atoms in total. The third-order valence-electron chi connectivity index (χ3n) is 6.31. The van der Waals surface area contributed by atoms with Crippen molar-refractivity contribution in [2.24, 2.45) is 5.73 Å². The molecule has 11 heteroatoms. The largest absolute Gasteiger partial charge is 0.352 e. The molecule has 0 amide bonds. The van der Waals surface area contributed by atoms with Gasteiger partial charge in [0.15, 0.2) is 17.2 Å². The lowest BCUT2D eigenvalue weighted by Gasteiger charge is -2.37. The Hall–Kier alpha value is -4.77. The summed E-state index contributed by atoms with van der Waals surface area (Å²) in [6, 6.07) is 12.3. The molecule has 0 radical (unpaired) electrons. The number of H-pyrrole nitrogens is 2. The predicted molar refractivity (Wildman–Crippen MR) is 133 cm³/mol. The summed E-state index contributed by atoms with van der Waals surface area (Å²) in [7, 11) is 0. The molecule has 7 rings (SSSR count). The summed E-state index contributed by atoms with van der Waals surface area (Å²) >= 11 is 0. The Kier molecular flexibility index (Phi) is 4.51. The number of imidazole rings is 1. The van der Waals surface area contributed by atoms with Crippen LogP contribution in [0.5, 0.6) is 0 Å². The Morgan fingerprint density at radius 1 is 0.944 bits per heavy atom. The van der Waals surface area contributed by atoms with E-state index in [0.29, 0.717) is 50.7 Å². The zero-order valence-corrected chi connectivity index (χ0v) is 18.9. The number of aromatic nitrogens is 8. The first-order chi connectivity index (χ1) is 17.6. The molecule has 1 aromatic carbocycles. The maximum atomic E-state index is 14.5. The number of hydrogen-bond acceptors (Lipinski definition) is 8. The molecule has 1 fully saturated rings. The van der Waals surface area contributed by atoms with Crippen molar-refractivity contribution in [2.45, 2.75) is 6.04 Å². The number of fused-ring (bicyclic) bond motifs is 2. The van der Waals surface area contributed by atoms with E-state index in [0.717, 1.165) is 24.4 Å². The maximum absolute atomic E-state index is 14.5. The van der Waals surface area contributed by atoms with Crippen molar-refractivity contribution in [3.05, 3.63) is 66.9 Å². The topological polar surface area (TPSA) is 138 Å². The Labute approximate surface area is 203 Å².